The zero-order chi connectivity index (χ0) is 21.2. The topological polar surface area (TPSA) is 108 Å². The van der Waals surface area contributed by atoms with Crippen LogP contribution < -0.4 is 15.4 Å². The third kappa shape index (κ3) is 3.97. The average molecular weight is 422 g/mol. The Hall–Kier alpha value is -3.43. The Morgan fingerprint density at radius 1 is 1.06 bits per heavy atom. The minimum atomic E-state index is -0.243. The van der Waals surface area contributed by atoms with Gasteiger partial charge in [-0.25, -0.2) is 9.97 Å². The van der Waals surface area contributed by atoms with Gasteiger partial charge >= 0.3 is 0 Å². The van der Waals surface area contributed by atoms with Gasteiger partial charge in [0.15, 0.2) is 5.76 Å². The molecule has 160 valence electrons. The van der Waals surface area contributed by atoms with Crippen LogP contribution in [0.15, 0.2) is 59.3 Å². The lowest BCUT2D eigenvalue weighted by Crippen LogP contribution is -2.44. The molecule has 1 aromatic carbocycles. The summed E-state index contributed by atoms with van der Waals surface area (Å²) in [5, 5.41) is 6.31. The van der Waals surface area contributed by atoms with E-state index in [0.717, 1.165) is 0 Å². The highest BCUT2D eigenvalue weighted by Crippen LogP contribution is 2.29. The van der Waals surface area contributed by atoms with E-state index in [0.29, 0.717) is 41.9 Å². The maximum Gasteiger partial charge on any atom is 0.251 e. The molecule has 4 heterocycles. The first-order valence-corrected chi connectivity index (χ1v) is 10.0. The quantitative estimate of drug-likeness (QED) is 0.622. The number of aromatic nitrogens is 2. The molecule has 0 saturated carbocycles. The molecule has 5 rings (SSSR count). The van der Waals surface area contributed by atoms with E-state index in [4.69, 9.17) is 18.6 Å². The summed E-state index contributed by atoms with van der Waals surface area (Å²) in [6.07, 6.45) is 2.82. The molecule has 0 aliphatic carbocycles. The highest BCUT2D eigenvalue weighted by molar-refractivity contribution is 5.94. The summed E-state index contributed by atoms with van der Waals surface area (Å²) in [6, 6.07) is 12.0. The number of anilines is 1. The van der Waals surface area contributed by atoms with E-state index in [2.05, 4.69) is 20.6 Å². The molecule has 2 aromatic heterocycles. The molecular formula is C22H22N4O5. The molecule has 0 spiro atoms. The highest BCUT2D eigenvalue weighted by Gasteiger charge is 2.48. The monoisotopic (exact) mass is 422 g/mol. The first kappa shape index (κ1) is 19.5. The number of hydrogen-bond acceptors (Lipinski definition) is 8. The maximum absolute atomic E-state index is 12.6. The summed E-state index contributed by atoms with van der Waals surface area (Å²) in [5.74, 6) is 1.67. The lowest BCUT2D eigenvalue weighted by atomic mass is 10.1. The van der Waals surface area contributed by atoms with Crippen LogP contribution in [0.1, 0.15) is 10.4 Å². The van der Waals surface area contributed by atoms with Crippen LogP contribution in [0, 0.1) is 0 Å². The summed E-state index contributed by atoms with van der Waals surface area (Å²) in [5.41, 5.74) is 1.25. The van der Waals surface area contributed by atoms with Gasteiger partial charge in [0.2, 0.25) is 5.95 Å². The Labute approximate surface area is 178 Å². The first-order valence-electron chi connectivity index (χ1n) is 10.0. The number of furan rings is 1. The summed E-state index contributed by atoms with van der Waals surface area (Å²) in [6.45, 7) is 0.807. The minimum absolute atomic E-state index is 0.125. The summed E-state index contributed by atoms with van der Waals surface area (Å²) in [7, 11) is 1.59. The second-order valence-electron chi connectivity index (χ2n) is 7.40. The molecule has 0 bridgehead atoms. The van der Waals surface area contributed by atoms with E-state index in [1.165, 1.54) is 0 Å². The van der Waals surface area contributed by atoms with E-state index in [1.807, 2.05) is 12.1 Å². The highest BCUT2D eigenvalue weighted by atomic mass is 16.6. The fourth-order valence-electron chi connectivity index (χ4n) is 3.90. The molecule has 0 radical (unpaired) electrons. The van der Waals surface area contributed by atoms with Crippen molar-refractivity contribution in [1.82, 2.24) is 15.3 Å². The maximum atomic E-state index is 12.6. The van der Waals surface area contributed by atoms with Gasteiger partial charge in [0.25, 0.3) is 5.91 Å². The van der Waals surface area contributed by atoms with E-state index < -0.39 is 0 Å². The molecule has 9 heteroatoms. The van der Waals surface area contributed by atoms with Crippen LogP contribution in [0.25, 0.3) is 11.5 Å². The van der Waals surface area contributed by atoms with Gasteiger partial charge in [-0.1, -0.05) is 0 Å². The summed E-state index contributed by atoms with van der Waals surface area (Å²) in [4.78, 5) is 21.4. The van der Waals surface area contributed by atoms with Gasteiger partial charge in [-0.15, -0.1) is 0 Å². The number of amides is 1. The number of carbonyl (C=O) groups is 1. The fraction of sp³-hybridized carbons (Fsp3) is 0.318. The van der Waals surface area contributed by atoms with Crippen molar-refractivity contribution in [3.05, 3.63) is 60.5 Å². The molecule has 0 unspecified atom stereocenters. The van der Waals surface area contributed by atoms with Crippen molar-refractivity contribution in [2.75, 3.05) is 25.6 Å². The molecule has 4 atom stereocenters. The second kappa shape index (κ2) is 8.37. The zero-order valence-electron chi connectivity index (χ0n) is 16.9. The first-order chi connectivity index (χ1) is 15.2. The van der Waals surface area contributed by atoms with Crippen molar-refractivity contribution in [3.63, 3.8) is 0 Å². The molecule has 3 aromatic rings. The van der Waals surface area contributed by atoms with Gasteiger partial charge < -0.3 is 29.3 Å². The van der Waals surface area contributed by atoms with Crippen molar-refractivity contribution in [2.45, 2.75) is 24.3 Å². The van der Waals surface area contributed by atoms with E-state index in [9.17, 15) is 4.79 Å². The number of benzene rings is 1. The normalized spacial score (nSPS) is 24.5. The molecule has 2 N–H and O–H groups in total. The molecule has 2 saturated heterocycles. The minimum Gasteiger partial charge on any atom is -0.497 e. The van der Waals surface area contributed by atoms with Gasteiger partial charge in [-0.3, -0.25) is 4.79 Å². The lowest BCUT2D eigenvalue weighted by molar-refractivity contribution is 0.0652. The Morgan fingerprint density at radius 3 is 2.58 bits per heavy atom. The van der Waals surface area contributed by atoms with Crippen molar-refractivity contribution in [3.8, 4) is 17.2 Å². The zero-order valence-corrected chi connectivity index (χ0v) is 16.9. The van der Waals surface area contributed by atoms with Crippen molar-refractivity contribution < 1.29 is 23.4 Å². The van der Waals surface area contributed by atoms with Crippen LogP contribution in [0.3, 0.4) is 0 Å². The van der Waals surface area contributed by atoms with Crippen molar-refractivity contribution in [1.29, 1.82) is 0 Å². The lowest BCUT2D eigenvalue weighted by Gasteiger charge is -2.18. The number of hydrogen-bond donors (Lipinski definition) is 2. The third-order valence-corrected chi connectivity index (χ3v) is 5.47. The van der Waals surface area contributed by atoms with Crippen LogP contribution >= 0.6 is 0 Å². The second-order valence-corrected chi connectivity index (χ2v) is 7.40. The van der Waals surface area contributed by atoms with Crippen LogP contribution in [-0.4, -0.2) is 60.5 Å². The van der Waals surface area contributed by atoms with Gasteiger partial charge in [-0.05, 0) is 42.5 Å². The Bertz CT molecular complexity index is 1040. The summed E-state index contributed by atoms with van der Waals surface area (Å²) < 4.78 is 22.4. The third-order valence-electron chi connectivity index (χ3n) is 5.47. The number of rotatable bonds is 6. The van der Waals surface area contributed by atoms with E-state index in [1.54, 1.807) is 49.9 Å². The van der Waals surface area contributed by atoms with Crippen LogP contribution in [0.4, 0.5) is 5.95 Å². The predicted octanol–water partition coefficient (Wildman–Crippen LogP) is 2.12. The largest absolute Gasteiger partial charge is 0.497 e. The fourth-order valence-corrected chi connectivity index (χ4v) is 3.90. The molecule has 2 fully saturated rings. The van der Waals surface area contributed by atoms with Crippen molar-refractivity contribution in [2.24, 2.45) is 0 Å². The van der Waals surface area contributed by atoms with Crippen LogP contribution in [0.5, 0.6) is 5.75 Å². The van der Waals surface area contributed by atoms with Gasteiger partial charge in [0, 0.05) is 11.8 Å². The molecule has 1 amide bonds. The van der Waals surface area contributed by atoms with Crippen LogP contribution in [-0.2, 0) is 9.47 Å². The number of methoxy groups -OCH3 is 1. The molecule has 2 aliphatic heterocycles. The van der Waals surface area contributed by atoms with Crippen LogP contribution in [0.2, 0.25) is 0 Å². The van der Waals surface area contributed by atoms with E-state index in [-0.39, 0.29) is 30.2 Å². The number of ether oxygens (including phenoxy) is 3. The predicted molar refractivity (Wildman–Crippen MR) is 111 cm³/mol. The van der Waals surface area contributed by atoms with Gasteiger partial charge in [0.05, 0.1) is 38.7 Å². The molecular weight excluding hydrogens is 400 g/mol. The van der Waals surface area contributed by atoms with Gasteiger partial charge in [0.1, 0.15) is 23.7 Å². The number of nitrogens with one attached hydrogen (secondary N) is 2. The Morgan fingerprint density at radius 2 is 1.84 bits per heavy atom. The standard InChI is InChI=1S/C22H22N4O5/c1-28-14-6-4-13(5-7-14)21(27)24-16-11-30-20-17(12-31-19(16)20)26-22-23-9-8-15(25-22)18-3-2-10-29-18/h2-10,16-17,19-20H,11-12H2,1H3,(H,24,27)(H,23,25,26)/t16-,17+,19-,20+/m1/s1. The molecule has 2 aliphatic rings. The van der Waals surface area contributed by atoms with E-state index >= 15 is 0 Å². The SMILES string of the molecule is COc1ccc(C(=O)N[C@@H]2CO[C@@H]3[C@@H]2OC[C@@H]3Nc2nccc(-c3ccco3)n2)cc1. The van der Waals surface area contributed by atoms with Crippen molar-refractivity contribution >= 4 is 11.9 Å². The smallest absolute Gasteiger partial charge is 0.251 e. The number of carbonyl (C=O) groups excluding carboxylic acids is 1. The Balaban J connectivity index is 1.22. The number of fused-ring (bicyclic) bond motifs is 1. The number of nitrogens with zero attached hydrogens (tertiary/aromatic N) is 2. The Kier molecular flexibility index (Phi) is 5.27. The van der Waals surface area contributed by atoms with Gasteiger partial charge in [-0.2, -0.15) is 0 Å². The molecule has 9 nitrogen and oxygen atoms in total. The summed E-state index contributed by atoms with van der Waals surface area (Å²) >= 11 is 0. The molecule has 31 heavy (non-hydrogen) atoms. The average Bonchev–Trinajstić information content (AvgIpc) is 3.55.